The van der Waals surface area contributed by atoms with E-state index in [1.807, 2.05) is 6.92 Å². The molecule has 0 atom stereocenters. The molecule has 2 rings (SSSR count). The highest BCUT2D eigenvalue weighted by Gasteiger charge is 2.24. The van der Waals surface area contributed by atoms with Crippen LogP contribution in [-0.4, -0.2) is 28.5 Å². The first-order valence-corrected chi connectivity index (χ1v) is 7.63. The number of thioether (sulfide) groups is 1. The predicted molar refractivity (Wildman–Crippen MR) is 77.8 cm³/mol. The smallest absolute Gasteiger partial charge is 0.118 e. The SMILES string of the molecule is Cc1oc(CN2CCSC(C)(C)CC2)cc1CN. The third-order valence-electron chi connectivity index (χ3n) is 3.60. The summed E-state index contributed by atoms with van der Waals surface area (Å²) in [5.74, 6) is 3.23. The number of rotatable bonds is 3. The van der Waals surface area contributed by atoms with Crippen molar-refractivity contribution in [1.29, 1.82) is 0 Å². The lowest BCUT2D eigenvalue weighted by Crippen LogP contribution is -2.26. The molecule has 2 N–H and O–H groups in total. The summed E-state index contributed by atoms with van der Waals surface area (Å²) in [7, 11) is 0. The van der Waals surface area contributed by atoms with Gasteiger partial charge in [-0.2, -0.15) is 11.8 Å². The molecule has 1 saturated heterocycles. The molecule has 0 spiro atoms. The van der Waals surface area contributed by atoms with Crippen LogP contribution >= 0.6 is 11.8 Å². The van der Waals surface area contributed by atoms with Gasteiger partial charge in [0.1, 0.15) is 11.5 Å². The summed E-state index contributed by atoms with van der Waals surface area (Å²) in [6, 6.07) is 2.11. The van der Waals surface area contributed by atoms with E-state index in [0.717, 1.165) is 36.7 Å². The molecule has 1 aromatic heterocycles. The summed E-state index contributed by atoms with van der Waals surface area (Å²) < 4.78 is 6.19. The summed E-state index contributed by atoms with van der Waals surface area (Å²) >= 11 is 2.08. The molecule has 0 saturated carbocycles. The zero-order chi connectivity index (χ0) is 13.2. The monoisotopic (exact) mass is 268 g/mol. The summed E-state index contributed by atoms with van der Waals surface area (Å²) in [4.78, 5) is 2.49. The zero-order valence-electron chi connectivity index (χ0n) is 11.7. The molecule has 0 aliphatic carbocycles. The fourth-order valence-corrected chi connectivity index (χ4v) is 3.45. The van der Waals surface area contributed by atoms with Gasteiger partial charge in [0, 0.05) is 29.2 Å². The van der Waals surface area contributed by atoms with E-state index in [0.29, 0.717) is 11.3 Å². The van der Waals surface area contributed by atoms with E-state index >= 15 is 0 Å². The quantitative estimate of drug-likeness (QED) is 0.915. The number of nitrogens with zero attached hydrogens (tertiary/aromatic N) is 1. The van der Waals surface area contributed by atoms with Gasteiger partial charge in [0.2, 0.25) is 0 Å². The van der Waals surface area contributed by atoms with Gasteiger partial charge in [0.25, 0.3) is 0 Å². The van der Waals surface area contributed by atoms with Gasteiger partial charge in [0.05, 0.1) is 6.54 Å². The standard InChI is InChI=1S/C14H24N2OS/c1-11-12(9-15)8-13(17-11)10-16-5-4-14(2,3)18-7-6-16/h8H,4-7,9-10,15H2,1-3H3. The lowest BCUT2D eigenvalue weighted by molar-refractivity contribution is 0.251. The highest BCUT2D eigenvalue weighted by molar-refractivity contribution is 8.00. The number of nitrogens with two attached hydrogens (primary N) is 1. The van der Waals surface area contributed by atoms with E-state index in [2.05, 4.69) is 36.6 Å². The van der Waals surface area contributed by atoms with E-state index in [1.165, 1.54) is 12.2 Å². The Morgan fingerprint density at radius 2 is 2.22 bits per heavy atom. The molecule has 0 aromatic carbocycles. The Labute approximate surface area is 114 Å². The van der Waals surface area contributed by atoms with Crippen molar-refractivity contribution in [2.75, 3.05) is 18.8 Å². The fraction of sp³-hybridized carbons (Fsp3) is 0.714. The van der Waals surface area contributed by atoms with E-state index in [4.69, 9.17) is 10.2 Å². The van der Waals surface area contributed by atoms with Crippen LogP contribution in [0.25, 0.3) is 0 Å². The number of hydrogen-bond donors (Lipinski definition) is 1. The molecular weight excluding hydrogens is 244 g/mol. The predicted octanol–water partition coefficient (Wildman–Crippen LogP) is 2.76. The van der Waals surface area contributed by atoms with Gasteiger partial charge in [-0.05, 0) is 26.0 Å². The Morgan fingerprint density at radius 3 is 2.89 bits per heavy atom. The first-order valence-electron chi connectivity index (χ1n) is 6.65. The maximum Gasteiger partial charge on any atom is 0.118 e. The van der Waals surface area contributed by atoms with Crippen LogP contribution in [-0.2, 0) is 13.1 Å². The topological polar surface area (TPSA) is 42.4 Å². The van der Waals surface area contributed by atoms with Crippen molar-refractivity contribution in [3.8, 4) is 0 Å². The first-order chi connectivity index (χ1) is 8.50. The lowest BCUT2D eigenvalue weighted by Gasteiger charge is -2.22. The van der Waals surface area contributed by atoms with Crippen molar-refractivity contribution >= 4 is 11.8 Å². The maximum atomic E-state index is 5.77. The number of furan rings is 1. The van der Waals surface area contributed by atoms with Crippen LogP contribution in [0.3, 0.4) is 0 Å². The van der Waals surface area contributed by atoms with Crippen molar-refractivity contribution in [1.82, 2.24) is 4.90 Å². The Bertz CT molecular complexity index is 400. The molecule has 0 radical (unpaired) electrons. The van der Waals surface area contributed by atoms with Gasteiger partial charge in [-0.1, -0.05) is 13.8 Å². The van der Waals surface area contributed by atoms with Crippen molar-refractivity contribution in [2.24, 2.45) is 5.73 Å². The molecule has 0 bridgehead atoms. The van der Waals surface area contributed by atoms with Crippen molar-refractivity contribution < 1.29 is 4.42 Å². The minimum absolute atomic E-state index is 0.413. The van der Waals surface area contributed by atoms with Crippen LogP contribution in [0.1, 0.15) is 37.4 Å². The van der Waals surface area contributed by atoms with Gasteiger partial charge < -0.3 is 10.2 Å². The molecule has 1 aromatic rings. The number of hydrogen-bond acceptors (Lipinski definition) is 4. The third kappa shape index (κ3) is 3.53. The van der Waals surface area contributed by atoms with E-state index in [1.54, 1.807) is 0 Å². The van der Waals surface area contributed by atoms with E-state index in [-0.39, 0.29) is 0 Å². The van der Waals surface area contributed by atoms with Crippen LogP contribution in [0.2, 0.25) is 0 Å². The Balaban J connectivity index is 1.96. The molecule has 0 unspecified atom stereocenters. The molecule has 2 heterocycles. The lowest BCUT2D eigenvalue weighted by atomic mass is 10.1. The van der Waals surface area contributed by atoms with Crippen LogP contribution in [0.15, 0.2) is 10.5 Å². The van der Waals surface area contributed by atoms with Gasteiger partial charge in [-0.15, -0.1) is 0 Å². The number of aryl methyl sites for hydroxylation is 1. The molecule has 102 valence electrons. The first kappa shape index (κ1) is 14.0. The summed E-state index contributed by atoms with van der Waals surface area (Å²) in [6.45, 7) is 10.4. The second kappa shape index (κ2) is 5.68. The summed E-state index contributed by atoms with van der Waals surface area (Å²) in [6.07, 6.45) is 1.24. The van der Waals surface area contributed by atoms with Crippen LogP contribution in [0.5, 0.6) is 0 Å². The van der Waals surface area contributed by atoms with Crippen molar-refractivity contribution in [2.45, 2.75) is 45.0 Å². The maximum absolute atomic E-state index is 5.77. The van der Waals surface area contributed by atoms with Crippen molar-refractivity contribution in [3.05, 3.63) is 23.2 Å². The molecule has 3 nitrogen and oxygen atoms in total. The largest absolute Gasteiger partial charge is 0.465 e. The van der Waals surface area contributed by atoms with Gasteiger partial charge in [-0.25, -0.2) is 0 Å². The molecule has 18 heavy (non-hydrogen) atoms. The van der Waals surface area contributed by atoms with Gasteiger partial charge >= 0.3 is 0 Å². The zero-order valence-corrected chi connectivity index (χ0v) is 12.5. The highest BCUT2D eigenvalue weighted by Crippen LogP contribution is 2.31. The Hall–Kier alpha value is -0.450. The molecule has 1 aliphatic heterocycles. The molecule has 4 heteroatoms. The summed E-state index contributed by atoms with van der Waals surface area (Å²) in [5.41, 5.74) is 6.81. The molecular formula is C14H24N2OS. The normalized spacial score (nSPS) is 20.9. The molecule has 1 fully saturated rings. The Kier molecular flexibility index (Phi) is 4.41. The van der Waals surface area contributed by atoms with E-state index in [9.17, 15) is 0 Å². The van der Waals surface area contributed by atoms with Gasteiger partial charge in [-0.3, -0.25) is 4.90 Å². The minimum atomic E-state index is 0.413. The minimum Gasteiger partial charge on any atom is -0.465 e. The van der Waals surface area contributed by atoms with Gasteiger partial charge in [0.15, 0.2) is 0 Å². The Morgan fingerprint density at radius 1 is 1.44 bits per heavy atom. The van der Waals surface area contributed by atoms with Crippen LogP contribution < -0.4 is 5.73 Å². The van der Waals surface area contributed by atoms with Crippen molar-refractivity contribution in [3.63, 3.8) is 0 Å². The van der Waals surface area contributed by atoms with Crippen LogP contribution in [0.4, 0.5) is 0 Å². The second-order valence-electron chi connectivity index (χ2n) is 5.63. The molecule has 0 amide bonds. The highest BCUT2D eigenvalue weighted by atomic mass is 32.2. The second-order valence-corrected chi connectivity index (χ2v) is 7.43. The van der Waals surface area contributed by atoms with Crippen LogP contribution in [0, 0.1) is 6.92 Å². The fourth-order valence-electron chi connectivity index (χ4n) is 2.31. The summed E-state index contributed by atoms with van der Waals surface area (Å²) in [5, 5.41) is 0. The average Bonchev–Trinajstić information content (AvgIpc) is 2.56. The molecule has 1 aliphatic rings. The van der Waals surface area contributed by atoms with E-state index < -0.39 is 0 Å². The average molecular weight is 268 g/mol. The third-order valence-corrected chi connectivity index (χ3v) is 4.97.